The fourth-order valence-corrected chi connectivity index (χ4v) is 2.45. The van der Waals surface area contributed by atoms with Crippen LogP contribution in [0.3, 0.4) is 0 Å². The molecule has 0 aliphatic carbocycles. The van der Waals surface area contributed by atoms with Crippen molar-refractivity contribution < 1.29 is 14.4 Å². The minimum atomic E-state index is -0.420. The smallest absolute Gasteiger partial charge is 0.319 e. The molecule has 1 aromatic rings. The van der Waals surface area contributed by atoms with Gasteiger partial charge in [0.15, 0.2) is 0 Å². The lowest BCUT2D eigenvalue weighted by atomic mass is 10.1. The Labute approximate surface area is 152 Å². The molecule has 8 heteroatoms. The topological polar surface area (TPSA) is 91.8 Å². The molecule has 0 spiro atoms. The third kappa shape index (κ3) is 5.63. The summed E-state index contributed by atoms with van der Waals surface area (Å²) in [5.74, 6) is -0.223. The van der Waals surface area contributed by atoms with E-state index >= 15 is 0 Å². The molecule has 0 saturated carbocycles. The van der Waals surface area contributed by atoms with E-state index in [1.54, 1.807) is 18.2 Å². The van der Waals surface area contributed by atoms with Gasteiger partial charge in [0.2, 0.25) is 0 Å². The highest BCUT2D eigenvalue weighted by atomic mass is 35.5. The van der Waals surface area contributed by atoms with Crippen LogP contribution >= 0.6 is 11.6 Å². The Morgan fingerprint density at radius 3 is 2.80 bits per heavy atom. The van der Waals surface area contributed by atoms with E-state index in [0.717, 1.165) is 12.1 Å². The number of nitrogens with zero attached hydrogens (tertiary/aromatic N) is 1. The number of oxime groups is 1. The Hall–Kier alpha value is -2.28. The summed E-state index contributed by atoms with van der Waals surface area (Å²) in [6.07, 6.45) is 1.39. The van der Waals surface area contributed by atoms with Crippen molar-refractivity contribution in [1.29, 1.82) is 0 Å². The highest BCUT2D eigenvalue weighted by Gasteiger charge is 2.20. The van der Waals surface area contributed by atoms with E-state index < -0.39 is 6.03 Å². The van der Waals surface area contributed by atoms with E-state index in [0.29, 0.717) is 29.2 Å². The molecule has 1 heterocycles. The van der Waals surface area contributed by atoms with Crippen molar-refractivity contribution in [2.45, 2.75) is 45.8 Å². The Morgan fingerprint density at radius 1 is 1.40 bits per heavy atom. The molecule has 1 aliphatic heterocycles. The number of amides is 3. The summed E-state index contributed by atoms with van der Waals surface area (Å²) in [7, 11) is 0. The van der Waals surface area contributed by atoms with E-state index in [4.69, 9.17) is 16.4 Å². The van der Waals surface area contributed by atoms with Gasteiger partial charge in [-0.25, -0.2) is 4.79 Å². The third-order valence-electron chi connectivity index (χ3n) is 3.59. The number of halogens is 1. The maximum atomic E-state index is 12.1. The molecule has 1 aromatic carbocycles. The van der Waals surface area contributed by atoms with Gasteiger partial charge >= 0.3 is 6.03 Å². The molecule has 7 nitrogen and oxygen atoms in total. The average molecular weight is 367 g/mol. The first-order chi connectivity index (χ1) is 11.9. The quantitative estimate of drug-likeness (QED) is 0.722. The number of carbonyl (C=O) groups is 2. The zero-order chi connectivity index (χ0) is 18.4. The summed E-state index contributed by atoms with van der Waals surface area (Å²) in [5, 5.41) is 12.5. The van der Waals surface area contributed by atoms with E-state index in [2.05, 4.69) is 21.1 Å². The summed E-state index contributed by atoms with van der Waals surface area (Å²) in [4.78, 5) is 29.3. The Kier molecular flexibility index (Phi) is 6.64. The van der Waals surface area contributed by atoms with Crippen molar-refractivity contribution >= 4 is 34.9 Å². The van der Waals surface area contributed by atoms with E-state index in [9.17, 15) is 9.59 Å². The SMILES string of the molecule is CCC1=NOC(CNC(=O)Nc2cc(C(=O)NC(C)C)ccc2Cl)C1. The molecule has 3 amide bonds. The molecule has 136 valence electrons. The molecular formula is C17H23ClN4O3. The normalized spacial score (nSPS) is 16.2. The number of carbonyl (C=O) groups excluding carboxylic acids is 2. The van der Waals surface area contributed by atoms with Crippen molar-refractivity contribution in [2.24, 2.45) is 5.16 Å². The number of hydrogen-bond donors (Lipinski definition) is 3. The maximum absolute atomic E-state index is 12.1. The van der Waals surface area contributed by atoms with Gasteiger partial charge in [-0.05, 0) is 38.5 Å². The van der Waals surface area contributed by atoms with Gasteiger partial charge in [0.1, 0.15) is 6.10 Å². The summed E-state index contributed by atoms with van der Waals surface area (Å²) in [6, 6.07) is 4.33. The van der Waals surface area contributed by atoms with Gasteiger partial charge in [0.05, 0.1) is 23.0 Å². The first-order valence-electron chi connectivity index (χ1n) is 8.25. The number of hydrogen-bond acceptors (Lipinski definition) is 4. The highest BCUT2D eigenvalue weighted by molar-refractivity contribution is 6.33. The summed E-state index contributed by atoms with van der Waals surface area (Å²) >= 11 is 6.10. The summed E-state index contributed by atoms with van der Waals surface area (Å²) in [6.45, 7) is 6.09. The lowest BCUT2D eigenvalue weighted by Gasteiger charge is -2.13. The van der Waals surface area contributed by atoms with E-state index in [1.807, 2.05) is 20.8 Å². The molecule has 2 rings (SSSR count). The second-order valence-electron chi connectivity index (χ2n) is 6.10. The second kappa shape index (κ2) is 8.71. The third-order valence-corrected chi connectivity index (χ3v) is 3.92. The van der Waals surface area contributed by atoms with Crippen LogP contribution in [-0.2, 0) is 4.84 Å². The van der Waals surface area contributed by atoms with Gasteiger partial charge in [-0.2, -0.15) is 0 Å². The van der Waals surface area contributed by atoms with Gasteiger partial charge in [0, 0.05) is 18.0 Å². The maximum Gasteiger partial charge on any atom is 0.319 e. The van der Waals surface area contributed by atoms with Gasteiger partial charge in [-0.3, -0.25) is 4.79 Å². The monoisotopic (exact) mass is 366 g/mol. The van der Waals surface area contributed by atoms with Gasteiger partial charge < -0.3 is 20.8 Å². The van der Waals surface area contributed by atoms with Gasteiger partial charge in [0.25, 0.3) is 5.91 Å². The van der Waals surface area contributed by atoms with Crippen LogP contribution in [0.2, 0.25) is 5.02 Å². The molecule has 0 fully saturated rings. The Morgan fingerprint density at radius 2 is 2.16 bits per heavy atom. The molecule has 0 radical (unpaired) electrons. The minimum Gasteiger partial charge on any atom is -0.390 e. The number of urea groups is 1. The zero-order valence-corrected chi connectivity index (χ0v) is 15.3. The van der Waals surface area contributed by atoms with Crippen LogP contribution in [0.25, 0.3) is 0 Å². The van der Waals surface area contributed by atoms with Crippen LogP contribution in [-0.4, -0.2) is 36.3 Å². The first kappa shape index (κ1) is 19.1. The zero-order valence-electron chi connectivity index (χ0n) is 14.6. The Bertz CT molecular complexity index is 676. The first-order valence-corrected chi connectivity index (χ1v) is 8.63. The van der Waals surface area contributed by atoms with Crippen LogP contribution in [0.5, 0.6) is 0 Å². The number of anilines is 1. The summed E-state index contributed by atoms with van der Waals surface area (Å²) in [5.41, 5.74) is 1.78. The average Bonchev–Trinajstić information content (AvgIpc) is 3.02. The van der Waals surface area contributed by atoms with Crippen molar-refractivity contribution in [1.82, 2.24) is 10.6 Å². The van der Waals surface area contributed by atoms with Gasteiger partial charge in [-0.15, -0.1) is 0 Å². The second-order valence-corrected chi connectivity index (χ2v) is 6.51. The number of nitrogens with one attached hydrogen (secondary N) is 3. The van der Waals surface area contributed by atoms with Crippen LogP contribution in [0.15, 0.2) is 23.4 Å². The largest absolute Gasteiger partial charge is 0.390 e. The number of rotatable bonds is 6. The predicted molar refractivity (Wildman–Crippen MR) is 98.3 cm³/mol. The molecular weight excluding hydrogens is 344 g/mol. The molecule has 1 aliphatic rings. The Balaban J connectivity index is 1.90. The van der Waals surface area contributed by atoms with Crippen LogP contribution < -0.4 is 16.0 Å². The van der Waals surface area contributed by atoms with E-state index in [-0.39, 0.29) is 18.1 Å². The minimum absolute atomic E-state index is 0.0181. The lowest BCUT2D eigenvalue weighted by molar-refractivity contribution is 0.0870. The molecule has 25 heavy (non-hydrogen) atoms. The number of benzene rings is 1. The lowest BCUT2D eigenvalue weighted by Crippen LogP contribution is -2.35. The van der Waals surface area contributed by atoms with Crippen LogP contribution in [0, 0.1) is 0 Å². The van der Waals surface area contributed by atoms with Crippen molar-refractivity contribution in [2.75, 3.05) is 11.9 Å². The van der Waals surface area contributed by atoms with E-state index in [1.165, 1.54) is 0 Å². The fraction of sp³-hybridized carbons (Fsp3) is 0.471. The molecule has 0 saturated heterocycles. The molecule has 1 atom stereocenters. The predicted octanol–water partition coefficient (Wildman–Crippen LogP) is 3.15. The fourth-order valence-electron chi connectivity index (χ4n) is 2.29. The standard InChI is InChI=1S/C17H23ClN4O3/c1-4-12-8-13(25-22-12)9-19-17(24)21-15-7-11(5-6-14(15)18)16(23)20-10(2)3/h5-7,10,13H,4,8-9H2,1-3H3,(H,20,23)(H2,19,21,24). The van der Waals surface area contributed by atoms with Crippen LogP contribution in [0.4, 0.5) is 10.5 Å². The molecule has 0 aromatic heterocycles. The molecule has 3 N–H and O–H groups in total. The molecule has 0 bridgehead atoms. The van der Waals surface area contributed by atoms with Crippen molar-refractivity contribution in [3.8, 4) is 0 Å². The molecule has 1 unspecified atom stereocenters. The van der Waals surface area contributed by atoms with Gasteiger partial charge in [-0.1, -0.05) is 23.7 Å². The van der Waals surface area contributed by atoms with Crippen LogP contribution in [0.1, 0.15) is 44.0 Å². The summed E-state index contributed by atoms with van der Waals surface area (Å²) < 4.78 is 0. The highest BCUT2D eigenvalue weighted by Crippen LogP contribution is 2.23. The van der Waals surface area contributed by atoms with Crippen molar-refractivity contribution in [3.05, 3.63) is 28.8 Å². The van der Waals surface area contributed by atoms with Crippen molar-refractivity contribution in [3.63, 3.8) is 0 Å².